The van der Waals surface area contributed by atoms with Crippen molar-refractivity contribution in [2.45, 2.75) is 44.2 Å². The Morgan fingerprint density at radius 2 is 2.00 bits per heavy atom. The minimum Gasteiger partial charge on any atom is -0.311 e. The summed E-state index contributed by atoms with van der Waals surface area (Å²) in [6.07, 6.45) is 6.09. The molecule has 1 aliphatic carbocycles. The first-order valence-electron chi connectivity index (χ1n) is 6.59. The molecular weight excluding hydrogens is 226 g/mol. The number of thioether (sulfide) groups is 1. The highest BCUT2D eigenvalue weighted by atomic mass is 32.2. The Morgan fingerprint density at radius 3 is 2.65 bits per heavy atom. The highest BCUT2D eigenvalue weighted by molar-refractivity contribution is 7.98. The quantitative estimate of drug-likeness (QED) is 0.825. The van der Waals surface area contributed by atoms with Crippen LogP contribution in [0.2, 0.25) is 0 Å². The van der Waals surface area contributed by atoms with Crippen LogP contribution in [0.3, 0.4) is 0 Å². The summed E-state index contributed by atoms with van der Waals surface area (Å²) in [5, 5.41) is 3.74. The number of benzene rings is 1. The van der Waals surface area contributed by atoms with Crippen molar-refractivity contribution in [3.05, 3.63) is 35.9 Å². The van der Waals surface area contributed by atoms with E-state index in [1.165, 1.54) is 30.6 Å². The largest absolute Gasteiger partial charge is 0.311 e. The van der Waals surface area contributed by atoms with Gasteiger partial charge in [-0.2, -0.15) is 11.8 Å². The molecule has 1 saturated carbocycles. The van der Waals surface area contributed by atoms with Crippen molar-refractivity contribution in [1.29, 1.82) is 0 Å². The maximum Gasteiger partial charge on any atom is 0.00812 e. The van der Waals surface area contributed by atoms with E-state index in [4.69, 9.17) is 0 Å². The smallest absolute Gasteiger partial charge is 0.00812 e. The lowest BCUT2D eigenvalue weighted by molar-refractivity contribution is 0.268. The van der Waals surface area contributed by atoms with Crippen LogP contribution in [0.25, 0.3) is 0 Å². The Bertz CT molecular complexity index is 319. The van der Waals surface area contributed by atoms with Gasteiger partial charge in [-0.3, -0.25) is 0 Å². The molecule has 1 fully saturated rings. The van der Waals surface area contributed by atoms with Crippen molar-refractivity contribution in [2.75, 3.05) is 12.0 Å². The second kappa shape index (κ2) is 6.46. The molecule has 2 rings (SSSR count). The maximum atomic E-state index is 3.74. The first kappa shape index (κ1) is 13.0. The van der Waals surface area contributed by atoms with Gasteiger partial charge in [-0.05, 0) is 49.7 Å². The molecule has 1 nitrogen and oxygen atoms in total. The second-order valence-electron chi connectivity index (χ2n) is 5.13. The molecule has 0 amide bonds. The fourth-order valence-electron chi connectivity index (χ4n) is 2.53. The van der Waals surface area contributed by atoms with E-state index in [0.717, 1.165) is 12.0 Å². The van der Waals surface area contributed by atoms with Gasteiger partial charge in [0, 0.05) is 12.1 Å². The highest BCUT2D eigenvalue weighted by Crippen LogP contribution is 2.36. The van der Waals surface area contributed by atoms with Gasteiger partial charge in [0.15, 0.2) is 0 Å². The summed E-state index contributed by atoms with van der Waals surface area (Å²) in [5.74, 6) is 2.06. The summed E-state index contributed by atoms with van der Waals surface area (Å²) in [7, 11) is 0. The third-order valence-electron chi connectivity index (χ3n) is 3.68. The van der Waals surface area contributed by atoms with Gasteiger partial charge in [-0.25, -0.2) is 0 Å². The molecule has 0 spiro atoms. The normalized spacial score (nSPS) is 25.3. The van der Waals surface area contributed by atoms with E-state index in [9.17, 15) is 0 Å². The summed E-state index contributed by atoms with van der Waals surface area (Å²) in [6, 6.07) is 12.3. The van der Waals surface area contributed by atoms with Crippen molar-refractivity contribution in [3.63, 3.8) is 0 Å². The van der Waals surface area contributed by atoms with Crippen molar-refractivity contribution >= 4 is 11.8 Å². The van der Waals surface area contributed by atoms with Crippen molar-refractivity contribution in [1.82, 2.24) is 5.32 Å². The molecule has 0 aliphatic heterocycles. The molecule has 1 N–H and O–H groups in total. The summed E-state index contributed by atoms with van der Waals surface area (Å²) >= 11 is 1.94. The molecule has 1 aliphatic rings. The monoisotopic (exact) mass is 249 g/mol. The molecule has 94 valence electrons. The SMILES string of the molecule is CSCCC(C)NC1CC(c2ccccc2)C1. The van der Waals surface area contributed by atoms with E-state index >= 15 is 0 Å². The van der Waals surface area contributed by atoms with E-state index in [2.05, 4.69) is 48.8 Å². The summed E-state index contributed by atoms with van der Waals surface area (Å²) in [5.41, 5.74) is 1.52. The Kier molecular flexibility index (Phi) is 4.93. The van der Waals surface area contributed by atoms with Crippen LogP contribution < -0.4 is 5.32 Å². The van der Waals surface area contributed by atoms with Crippen LogP contribution in [0.4, 0.5) is 0 Å². The molecule has 0 heterocycles. The molecule has 0 saturated heterocycles. The van der Waals surface area contributed by atoms with Gasteiger partial charge >= 0.3 is 0 Å². The first-order chi connectivity index (χ1) is 8.29. The van der Waals surface area contributed by atoms with Crippen LogP contribution in [0.15, 0.2) is 30.3 Å². The van der Waals surface area contributed by atoms with Crippen LogP contribution in [0.1, 0.15) is 37.7 Å². The van der Waals surface area contributed by atoms with Gasteiger partial charge in [-0.1, -0.05) is 30.3 Å². The van der Waals surface area contributed by atoms with E-state index < -0.39 is 0 Å². The minimum absolute atomic E-state index is 0.671. The number of hydrogen-bond donors (Lipinski definition) is 1. The second-order valence-corrected chi connectivity index (χ2v) is 6.11. The van der Waals surface area contributed by atoms with E-state index in [1.54, 1.807) is 0 Å². The topological polar surface area (TPSA) is 12.0 Å². The van der Waals surface area contributed by atoms with Gasteiger partial charge in [-0.15, -0.1) is 0 Å². The highest BCUT2D eigenvalue weighted by Gasteiger charge is 2.30. The van der Waals surface area contributed by atoms with E-state index in [0.29, 0.717) is 6.04 Å². The van der Waals surface area contributed by atoms with Crippen LogP contribution in [0, 0.1) is 0 Å². The fraction of sp³-hybridized carbons (Fsp3) is 0.600. The molecule has 0 radical (unpaired) electrons. The predicted octanol–water partition coefficient (Wildman–Crippen LogP) is 3.66. The van der Waals surface area contributed by atoms with Crippen molar-refractivity contribution < 1.29 is 0 Å². The summed E-state index contributed by atoms with van der Waals surface area (Å²) in [4.78, 5) is 0. The lowest BCUT2D eigenvalue weighted by Gasteiger charge is -2.38. The lowest BCUT2D eigenvalue weighted by Crippen LogP contribution is -2.44. The minimum atomic E-state index is 0.671. The van der Waals surface area contributed by atoms with E-state index in [1.807, 2.05) is 11.8 Å². The average Bonchev–Trinajstić information content (AvgIpc) is 2.31. The fourth-order valence-corrected chi connectivity index (χ4v) is 3.12. The van der Waals surface area contributed by atoms with Crippen LogP contribution >= 0.6 is 11.8 Å². The van der Waals surface area contributed by atoms with Gasteiger partial charge in [0.1, 0.15) is 0 Å². The van der Waals surface area contributed by atoms with Gasteiger partial charge in [0.05, 0.1) is 0 Å². The lowest BCUT2D eigenvalue weighted by atomic mass is 9.75. The van der Waals surface area contributed by atoms with Gasteiger partial charge in [0.25, 0.3) is 0 Å². The van der Waals surface area contributed by atoms with Crippen molar-refractivity contribution in [3.8, 4) is 0 Å². The Hall–Kier alpha value is -0.470. The number of rotatable bonds is 6. The molecule has 2 heteroatoms. The van der Waals surface area contributed by atoms with Crippen LogP contribution in [0.5, 0.6) is 0 Å². The zero-order valence-corrected chi connectivity index (χ0v) is 11.7. The third kappa shape index (κ3) is 3.75. The van der Waals surface area contributed by atoms with Crippen LogP contribution in [-0.2, 0) is 0 Å². The zero-order valence-electron chi connectivity index (χ0n) is 10.9. The molecular formula is C15H23NS. The van der Waals surface area contributed by atoms with E-state index in [-0.39, 0.29) is 0 Å². The zero-order chi connectivity index (χ0) is 12.1. The molecule has 1 aromatic carbocycles. The standard InChI is InChI=1S/C15H23NS/c1-12(8-9-17-2)16-15-10-14(11-15)13-6-4-3-5-7-13/h3-7,12,14-16H,8-11H2,1-2H3. The summed E-state index contributed by atoms with van der Waals surface area (Å²) in [6.45, 7) is 2.31. The number of nitrogens with one attached hydrogen (secondary N) is 1. The van der Waals surface area contributed by atoms with Crippen molar-refractivity contribution in [2.24, 2.45) is 0 Å². The molecule has 17 heavy (non-hydrogen) atoms. The first-order valence-corrected chi connectivity index (χ1v) is 7.99. The average molecular weight is 249 g/mol. The van der Waals surface area contributed by atoms with Crippen LogP contribution in [-0.4, -0.2) is 24.1 Å². The predicted molar refractivity (Wildman–Crippen MR) is 77.8 cm³/mol. The third-order valence-corrected chi connectivity index (χ3v) is 4.33. The molecule has 1 unspecified atom stereocenters. The summed E-state index contributed by atoms with van der Waals surface area (Å²) < 4.78 is 0. The molecule has 0 aromatic heterocycles. The van der Waals surface area contributed by atoms with Gasteiger partial charge < -0.3 is 5.32 Å². The molecule has 1 atom stereocenters. The Balaban J connectivity index is 1.69. The number of hydrogen-bond acceptors (Lipinski definition) is 2. The Labute approximate surface area is 109 Å². The van der Waals surface area contributed by atoms with Gasteiger partial charge in [0.2, 0.25) is 0 Å². The molecule has 0 bridgehead atoms. The molecule has 1 aromatic rings. The maximum absolute atomic E-state index is 3.74. The Morgan fingerprint density at radius 1 is 1.29 bits per heavy atom.